The third kappa shape index (κ3) is 2.45. The molecule has 0 unspecified atom stereocenters. The number of carboxylic acid groups (broad SMARTS) is 1. The fraction of sp³-hybridized carbons (Fsp3) is 0. The van der Waals surface area contributed by atoms with E-state index in [-0.39, 0.29) is 5.56 Å². The molecule has 2 aromatic carbocycles. The molecule has 0 saturated carbocycles. The second-order valence-corrected chi connectivity index (χ2v) is 4.62. The topological polar surface area (TPSA) is 87.1 Å². The van der Waals surface area contributed by atoms with Gasteiger partial charge in [-0.25, -0.2) is 4.79 Å². The van der Waals surface area contributed by atoms with E-state index in [0.29, 0.717) is 22.4 Å². The molecule has 0 amide bonds. The molecule has 5 heteroatoms. The molecular weight excluding hydrogens is 280 g/mol. The van der Waals surface area contributed by atoms with Gasteiger partial charge in [-0.1, -0.05) is 29.4 Å². The van der Waals surface area contributed by atoms with Crippen LogP contribution in [0.5, 0.6) is 0 Å². The molecule has 22 heavy (non-hydrogen) atoms. The fourth-order valence-corrected chi connectivity index (χ4v) is 2.15. The second kappa shape index (κ2) is 5.54. The minimum absolute atomic E-state index is 0.0723. The predicted octanol–water partition coefficient (Wildman–Crippen LogP) is 3.57. The van der Waals surface area contributed by atoms with Crippen molar-refractivity contribution in [3.8, 4) is 6.07 Å². The van der Waals surface area contributed by atoms with Gasteiger partial charge in [-0.2, -0.15) is 5.26 Å². The number of nitriles is 1. The van der Waals surface area contributed by atoms with E-state index in [4.69, 9.17) is 9.78 Å². The maximum atomic E-state index is 11.3. The van der Waals surface area contributed by atoms with Crippen molar-refractivity contribution in [3.63, 3.8) is 0 Å². The summed E-state index contributed by atoms with van der Waals surface area (Å²) in [6, 6.07) is 13.9. The molecule has 0 fully saturated rings. The summed E-state index contributed by atoms with van der Waals surface area (Å²) < 4.78 is 5.19. The Morgan fingerprint density at radius 3 is 2.82 bits per heavy atom. The number of hydrogen-bond donors (Lipinski definition) is 1. The molecule has 0 bridgehead atoms. The van der Waals surface area contributed by atoms with Crippen molar-refractivity contribution >= 4 is 29.1 Å². The molecule has 0 aliphatic heterocycles. The van der Waals surface area contributed by atoms with Crippen molar-refractivity contribution in [3.05, 3.63) is 64.8 Å². The first-order valence-corrected chi connectivity index (χ1v) is 6.49. The first-order chi connectivity index (χ1) is 10.7. The molecule has 0 atom stereocenters. The average molecular weight is 290 g/mol. The molecule has 1 aromatic heterocycles. The van der Waals surface area contributed by atoms with Gasteiger partial charge in [0.2, 0.25) is 0 Å². The van der Waals surface area contributed by atoms with E-state index in [1.807, 2.05) is 30.3 Å². The van der Waals surface area contributed by atoms with Gasteiger partial charge in [-0.15, -0.1) is 0 Å². The third-order valence-corrected chi connectivity index (χ3v) is 3.24. The molecule has 0 spiro atoms. The summed E-state index contributed by atoms with van der Waals surface area (Å²) in [7, 11) is 0. The zero-order valence-corrected chi connectivity index (χ0v) is 11.4. The van der Waals surface area contributed by atoms with Crippen molar-refractivity contribution in [2.24, 2.45) is 0 Å². The standard InChI is InChI=1S/C17H10N2O3/c18-10-11-5-6-12(14(9-11)17(20)21)7-8-15-13-3-1-2-4-16(13)22-19-15/h1-9H,(H,20,21)/b8-7+. The lowest BCUT2D eigenvalue weighted by Gasteiger charge is -2.01. The van der Waals surface area contributed by atoms with Crippen molar-refractivity contribution in [1.29, 1.82) is 5.26 Å². The quantitative estimate of drug-likeness (QED) is 0.796. The minimum atomic E-state index is -1.08. The van der Waals surface area contributed by atoms with Gasteiger partial charge in [0.25, 0.3) is 0 Å². The molecule has 3 aromatic rings. The number of rotatable bonds is 3. The van der Waals surface area contributed by atoms with Crippen LogP contribution in [0.3, 0.4) is 0 Å². The molecule has 0 saturated heterocycles. The van der Waals surface area contributed by atoms with Crippen LogP contribution in [0.25, 0.3) is 23.1 Å². The van der Waals surface area contributed by atoms with Crippen LogP contribution in [-0.4, -0.2) is 16.2 Å². The number of benzene rings is 2. The van der Waals surface area contributed by atoms with Gasteiger partial charge in [0, 0.05) is 5.39 Å². The summed E-state index contributed by atoms with van der Waals surface area (Å²) >= 11 is 0. The van der Waals surface area contributed by atoms with Crippen LogP contribution < -0.4 is 0 Å². The molecule has 5 nitrogen and oxygen atoms in total. The molecule has 0 aliphatic carbocycles. The van der Waals surface area contributed by atoms with E-state index in [1.165, 1.54) is 6.07 Å². The van der Waals surface area contributed by atoms with E-state index in [9.17, 15) is 9.90 Å². The van der Waals surface area contributed by atoms with E-state index < -0.39 is 5.97 Å². The van der Waals surface area contributed by atoms with Crippen LogP contribution in [-0.2, 0) is 0 Å². The normalized spacial score (nSPS) is 10.9. The van der Waals surface area contributed by atoms with E-state index in [1.54, 1.807) is 24.3 Å². The molecule has 3 rings (SSSR count). The molecule has 106 valence electrons. The lowest BCUT2D eigenvalue weighted by Crippen LogP contribution is -2.00. The molecule has 0 radical (unpaired) electrons. The number of carboxylic acids is 1. The molecular formula is C17H10N2O3. The minimum Gasteiger partial charge on any atom is -0.478 e. The zero-order chi connectivity index (χ0) is 15.5. The average Bonchev–Trinajstić information content (AvgIpc) is 2.96. The highest BCUT2D eigenvalue weighted by molar-refractivity contribution is 5.95. The van der Waals surface area contributed by atoms with Crippen LogP contribution in [0.1, 0.15) is 27.2 Å². The number of aromatic carboxylic acids is 1. The Bertz CT molecular complexity index is 932. The number of aromatic nitrogens is 1. The van der Waals surface area contributed by atoms with E-state index in [0.717, 1.165) is 5.39 Å². The number of para-hydroxylation sites is 1. The number of hydrogen-bond acceptors (Lipinski definition) is 4. The third-order valence-electron chi connectivity index (χ3n) is 3.24. The number of carbonyl (C=O) groups is 1. The Labute approximate surface area is 125 Å². The summed E-state index contributed by atoms with van der Waals surface area (Å²) in [5.41, 5.74) is 2.17. The summed E-state index contributed by atoms with van der Waals surface area (Å²) in [4.78, 5) is 11.3. The van der Waals surface area contributed by atoms with Crippen molar-refractivity contribution in [1.82, 2.24) is 5.16 Å². The van der Waals surface area contributed by atoms with Gasteiger partial charge in [0.1, 0.15) is 5.69 Å². The van der Waals surface area contributed by atoms with Crippen LogP contribution in [0.2, 0.25) is 0 Å². The molecule has 1 heterocycles. The van der Waals surface area contributed by atoms with Crippen LogP contribution in [0, 0.1) is 11.3 Å². The smallest absolute Gasteiger partial charge is 0.336 e. The van der Waals surface area contributed by atoms with Gasteiger partial charge in [-0.05, 0) is 35.9 Å². The Kier molecular flexibility index (Phi) is 3.42. The first-order valence-electron chi connectivity index (χ1n) is 6.49. The maximum Gasteiger partial charge on any atom is 0.336 e. The Morgan fingerprint density at radius 1 is 1.23 bits per heavy atom. The van der Waals surface area contributed by atoms with E-state index in [2.05, 4.69) is 5.16 Å². The highest BCUT2D eigenvalue weighted by Crippen LogP contribution is 2.21. The number of fused-ring (bicyclic) bond motifs is 1. The molecule has 1 N–H and O–H groups in total. The van der Waals surface area contributed by atoms with Gasteiger partial charge in [0.15, 0.2) is 5.58 Å². The lowest BCUT2D eigenvalue weighted by atomic mass is 10.0. The summed E-state index contributed by atoms with van der Waals surface area (Å²) in [6.07, 6.45) is 3.34. The Morgan fingerprint density at radius 2 is 2.05 bits per heavy atom. The van der Waals surface area contributed by atoms with Crippen molar-refractivity contribution in [2.45, 2.75) is 0 Å². The van der Waals surface area contributed by atoms with Crippen LogP contribution in [0.4, 0.5) is 0 Å². The fourth-order valence-electron chi connectivity index (χ4n) is 2.15. The Balaban J connectivity index is 2.02. The highest BCUT2D eigenvalue weighted by atomic mass is 16.5. The summed E-state index contributed by atoms with van der Waals surface area (Å²) in [6.45, 7) is 0. The largest absolute Gasteiger partial charge is 0.478 e. The summed E-state index contributed by atoms with van der Waals surface area (Å²) in [5, 5.41) is 22.9. The van der Waals surface area contributed by atoms with Crippen molar-refractivity contribution < 1.29 is 14.4 Å². The Hall–Kier alpha value is -3.39. The van der Waals surface area contributed by atoms with Gasteiger partial charge < -0.3 is 9.63 Å². The number of nitrogens with zero attached hydrogens (tertiary/aromatic N) is 2. The van der Waals surface area contributed by atoms with Gasteiger partial charge in [0.05, 0.1) is 17.2 Å². The van der Waals surface area contributed by atoms with Crippen molar-refractivity contribution in [2.75, 3.05) is 0 Å². The lowest BCUT2D eigenvalue weighted by molar-refractivity contribution is 0.0696. The van der Waals surface area contributed by atoms with Crippen LogP contribution >= 0.6 is 0 Å². The van der Waals surface area contributed by atoms with Crippen LogP contribution in [0.15, 0.2) is 47.0 Å². The monoisotopic (exact) mass is 290 g/mol. The van der Waals surface area contributed by atoms with Gasteiger partial charge >= 0.3 is 5.97 Å². The molecule has 0 aliphatic rings. The first kappa shape index (κ1) is 13.6. The van der Waals surface area contributed by atoms with Gasteiger partial charge in [-0.3, -0.25) is 0 Å². The predicted molar refractivity (Wildman–Crippen MR) is 81.1 cm³/mol. The SMILES string of the molecule is N#Cc1ccc(/C=C/c2noc3ccccc23)c(C(=O)O)c1. The second-order valence-electron chi connectivity index (χ2n) is 4.62. The summed E-state index contributed by atoms with van der Waals surface area (Å²) in [5.74, 6) is -1.08. The maximum absolute atomic E-state index is 11.3. The highest BCUT2D eigenvalue weighted by Gasteiger charge is 2.10. The zero-order valence-electron chi connectivity index (χ0n) is 11.4. The van der Waals surface area contributed by atoms with E-state index >= 15 is 0 Å².